The largest absolute Gasteiger partial charge is 0.355 e. The van der Waals surface area contributed by atoms with E-state index in [1.54, 1.807) is 0 Å². The highest BCUT2D eigenvalue weighted by molar-refractivity contribution is 14.1. The first-order valence-corrected chi connectivity index (χ1v) is 6.90. The summed E-state index contributed by atoms with van der Waals surface area (Å²) < 4.78 is 1.25. The zero-order chi connectivity index (χ0) is 12.7. The number of halogens is 1. The van der Waals surface area contributed by atoms with E-state index in [1.807, 2.05) is 13.8 Å². The predicted octanol–water partition coefficient (Wildman–Crippen LogP) is 2.15. The van der Waals surface area contributed by atoms with Crippen LogP contribution in [-0.2, 0) is 11.3 Å². The van der Waals surface area contributed by atoms with E-state index >= 15 is 0 Å². The van der Waals surface area contributed by atoms with Crippen molar-refractivity contribution < 1.29 is 4.79 Å². The van der Waals surface area contributed by atoms with Crippen molar-refractivity contribution in [1.29, 1.82) is 0 Å². The van der Waals surface area contributed by atoms with Crippen LogP contribution in [0.1, 0.15) is 19.4 Å². The fourth-order valence-corrected chi connectivity index (χ4v) is 1.97. The first-order chi connectivity index (χ1) is 8.09. The zero-order valence-corrected chi connectivity index (χ0v) is 12.5. The molecule has 1 aromatic rings. The Bertz CT molecular complexity index is 366. The van der Waals surface area contributed by atoms with Gasteiger partial charge in [-0.25, -0.2) is 0 Å². The van der Waals surface area contributed by atoms with E-state index in [0.29, 0.717) is 6.54 Å². The van der Waals surface area contributed by atoms with Crippen molar-refractivity contribution in [2.45, 2.75) is 20.4 Å². The van der Waals surface area contributed by atoms with Crippen molar-refractivity contribution in [1.82, 2.24) is 10.6 Å². The molecule has 0 bridgehead atoms. The van der Waals surface area contributed by atoms with E-state index in [4.69, 9.17) is 0 Å². The highest BCUT2D eigenvalue weighted by Gasteiger charge is 2.04. The van der Waals surface area contributed by atoms with Gasteiger partial charge in [-0.2, -0.15) is 0 Å². The third-order valence-electron chi connectivity index (χ3n) is 2.34. The maximum absolute atomic E-state index is 11.3. The van der Waals surface area contributed by atoms with Gasteiger partial charge in [-0.05, 0) is 40.3 Å². The van der Waals surface area contributed by atoms with Crippen molar-refractivity contribution >= 4 is 28.5 Å². The number of carbonyl (C=O) groups excluding carboxylic acids is 1. The number of carbonyl (C=O) groups is 1. The lowest BCUT2D eigenvalue weighted by molar-refractivity contribution is -0.123. The van der Waals surface area contributed by atoms with Crippen LogP contribution in [0, 0.1) is 9.49 Å². The van der Waals surface area contributed by atoms with Gasteiger partial charge in [0, 0.05) is 29.1 Å². The number of amides is 1. The molecule has 17 heavy (non-hydrogen) atoms. The molecular weight excluding hydrogens is 327 g/mol. The summed E-state index contributed by atoms with van der Waals surface area (Å²) in [6.07, 6.45) is 0. The van der Waals surface area contributed by atoms with Gasteiger partial charge in [0.25, 0.3) is 0 Å². The summed E-state index contributed by atoms with van der Waals surface area (Å²) in [6.45, 7) is 6.11. The standard InChI is InChI=1S/C13H19IN2O/c1-10(2)13(17)16-7-6-15-9-11-4-3-5-12(14)8-11/h3-5,8,10,15H,6-7,9H2,1-2H3,(H,16,17). The molecule has 2 N–H and O–H groups in total. The molecule has 0 spiro atoms. The molecule has 0 aliphatic rings. The molecule has 0 saturated heterocycles. The van der Waals surface area contributed by atoms with Gasteiger partial charge in [-0.1, -0.05) is 26.0 Å². The van der Waals surface area contributed by atoms with Crippen molar-refractivity contribution in [2.75, 3.05) is 13.1 Å². The molecule has 1 aromatic carbocycles. The average Bonchev–Trinajstić information content (AvgIpc) is 2.28. The number of hydrogen-bond donors (Lipinski definition) is 2. The topological polar surface area (TPSA) is 41.1 Å². The van der Waals surface area contributed by atoms with E-state index in [1.165, 1.54) is 9.13 Å². The molecule has 1 rings (SSSR count). The lowest BCUT2D eigenvalue weighted by Gasteiger charge is -2.08. The van der Waals surface area contributed by atoms with Gasteiger partial charge in [0.1, 0.15) is 0 Å². The normalized spacial score (nSPS) is 10.6. The number of nitrogens with one attached hydrogen (secondary N) is 2. The molecule has 0 fully saturated rings. The molecule has 0 heterocycles. The molecule has 1 amide bonds. The Kier molecular flexibility index (Phi) is 6.50. The Labute approximate surface area is 117 Å². The summed E-state index contributed by atoms with van der Waals surface area (Å²) in [4.78, 5) is 11.3. The summed E-state index contributed by atoms with van der Waals surface area (Å²) >= 11 is 2.30. The Balaban J connectivity index is 2.14. The van der Waals surface area contributed by atoms with Crippen LogP contribution in [0.15, 0.2) is 24.3 Å². The lowest BCUT2D eigenvalue weighted by Crippen LogP contribution is -2.34. The molecule has 0 radical (unpaired) electrons. The predicted molar refractivity (Wildman–Crippen MR) is 78.7 cm³/mol. The Morgan fingerprint density at radius 1 is 1.35 bits per heavy atom. The number of benzene rings is 1. The monoisotopic (exact) mass is 346 g/mol. The number of rotatable bonds is 6. The first-order valence-electron chi connectivity index (χ1n) is 5.82. The zero-order valence-electron chi connectivity index (χ0n) is 10.3. The second-order valence-electron chi connectivity index (χ2n) is 4.25. The van der Waals surface area contributed by atoms with Crippen LogP contribution in [0.25, 0.3) is 0 Å². The van der Waals surface area contributed by atoms with Gasteiger partial charge < -0.3 is 10.6 Å². The minimum Gasteiger partial charge on any atom is -0.355 e. The van der Waals surface area contributed by atoms with Gasteiger partial charge in [-0.3, -0.25) is 4.79 Å². The Morgan fingerprint density at radius 2 is 2.12 bits per heavy atom. The SMILES string of the molecule is CC(C)C(=O)NCCNCc1cccc(I)c1. The summed E-state index contributed by atoms with van der Waals surface area (Å²) in [5, 5.41) is 6.18. The van der Waals surface area contributed by atoms with E-state index in [9.17, 15) is 4.79 Å². The maximum atomic E-state index is 11.3. The molecular formula is C13H19IN2O. The van der Waals surface area contributed by atoms with E-state index in [2.05, 4.69) is 57.5 Å². The van der Waals surface area contributed by atoms with Gasteiger partial charge in [0.05, 0.1) is 0 Å². The average molecular weight is 346 g/mol. The maximum Gasteiger partial charge on any atom is 0.222 e. The molecule has 0 atom stereocenters. The molecule has 4 heteroatoms. The fourth-order valence-electron chi connectivity index (χ4n) is 1.36. The molecule has 0 aliphatic heterocycles. The third kappa shape index (κ3) is 6.02. The minimum atomic E-state index is 0.0608. The van der Waals surface area contributed by atoms with Gasteiger partial charge in [0.2, 0.25) is 5.91 Å². The van der Waals surface area contributed by atoms with Crippen molar-refractivity contribution in [3.63, 3.8) is 0 Å². The number of hydrogen-bond acceptors (Lipinski definition) is 2. The van der Waals surface area contributed by atoms with E-state index in [-0.39, 0.29) is 11.8 Å². The summed E-state index contributed by atoms with van der Waals surface area (Å²) in [5.41, 5.74) is 1.27. The van der Waals surface area contributed by atoms with E-state index in [0.717, 1.165) is 13.1 Å². The molecule has 0 aromatic heterocycles. The van der Waals surface area contributed by atoms with Crippen molar-refractivity contribution in [3.05, 3.63) is 33.4 Å². The van der Waals surface area contributed by atoms with Crippen molar-refractivity contribution in [2.24, 2.45) is 5.92 Å². The summed E-state index contributed by atoms with van der Waals surface area (Å²) in [5.74, 6) is 0.173. The second kappa shape index (κ2) is 7.66. The highest BCUT2D eigenvalue weighted by atomic mass is 127. The van der Waals surface area contributed by atoms with Crippen LogP contribution in [0.3, 0.4) is 0 Å². The molecule has 3 nitrogen and oxygen atoms in total. The molecule has 0 unspecified atom stereocenters. The van der Waals surface area contributed by atoms with Crippen LogP contribution in [0.5, 0.6) is 0 Å². The Hall–Kier alpha value is -0.620. The fraction of sp³-hybridized carbons (Fsp3) is 0.462. The van der Waals surface area contributed by atoms with Gasteiger partial charge in [0.15, 0.2) is 0 Å². The highest BCUT2D eigenvalue weighted by Crippen LogP contribution is 2.06. The summed E-state index contributed by atoms with van der Waals surface area (Å²) in [7, 11) is 0. The smallest absolute Gasteiger partial charge is 0.222 e. The first kappa shape index (κ1) is 14.4. The molecule has 94 valence electrons. The van der Waals surface area contributed by atoms with Crippen molar-refractivity contribution in [3.8, 4) is 0 Å². The van der Waals surface area contributed by atoms with Gasteiger partial charge in [-0.15, -0.1) is 0 Å². The van der Waals surface area contributed by atoms with Crippen LogP contribution < -0.4 is 10.6 Å². The van der Waals surface area contributed by atoms with Crippen LogP contribution in [-0.4, -0.2) is 19.0 Å². The van der Waals surface area contributed by atoms with Crippen LogP contribution >= 0.6 is 22.6 Å². The van der Waals surface area contributed by atoms with Crippen LogP contribution in [0.4, 0.5) is 0 Å². The minimum absolute atomic E-state index is 0.0608. The Morgan fingerprint density at radius 3 is 2.76 bits per heavy atom. The molecule has 0 aliphatic carbocycles. The second-order valence-corrected chi connectivity index (χ2v) is 5.50. The van der Waals surface area contributed by atoms with E-state index < -0.39 is 0 Å². The quantitative estimate of drug-likeness (QED) is 0.612. The van der Waals surface area contributed by atoms with Gasteiger partial charge >= 0.3 is 0 Å². The van der Waals surface area contributed by atoms with Crippen LogP contribution in [0.2, 0.25) is 0 Å². The molecule has 0 saturated carbocycles. The summed E-state index contributed by atoms with van der Waals surface area (Å²) in [6, 6.07) is 8.38. The third-order valence-corrected chi connectivity index (χ3v) is 3.01. The lowest BCUT2D eigenvalue weighted by atomic mass is 10.2.